The van der Waals surface area contributed by atoms with Crippen molar-refractivity contribution in [1.29, 1.82) is 0 Å². The first kappa shape index (κ1) is 20.0. The predicted octanol–water partition coefficient (Wildman–Crippen LogP) is 4.01. The van der Waals surface area contributed by atoms with Gasteiger partial charge in [0.25, 0.3) is 0 Å². The molecule has 4 amide bonds. The molecule has 0 bridgehead atoms. The summed E-state index contributed by atoms with van der Waals surface area (Å²) < 4.78 is 24.5. The Balaban J connectivity index is 2.19. The number of benzene rings is 2. The summed E-state index contributed by atoms with van der Waals surface area (Å²) in [6, 6.07) is 8.51. The van der Waals surface area contributed by atoms with Crippen LogP contribution in [0.2, 0.25) is 10.0 Å². The first-order chi connectivity index (χ1) is 12.1. The van der Waals surface area contributed by atoms with Crippen molar-refractivity contribution in [1.82, 2.24) is 5.32 Å². The van der Waals surface area contributed by atoms with Crippen LogP contribution in [0.25, 0.3) is 0 Å². The van der Waals surface area contributed by atoms with E-state index in [2.05, 4.69) is 5.32 Å². The maximum Gasteiger partial charge on any atom is 0.343 e. The second-order valence-electron chi connectivity index (χ2n) is 5.37. The van der Waals surface area contributed by atoms with Crippen LogP contribution in [0.15, 0.2) is 42.5 Å². The first-order valence-corrected chi connectivity index (χ1v) is 9.82. The summed E-state index contributed by atoms with van der Waals surface area (Å²) in [7, 11) is -3.96. The minimum atomic E-state index is -3.96. The Bertz CT molecular complexity index is 946. The highest BCUT2D eigenvalue weighted by molar-refractivity contribution is 7.92. The zero-order valence-electron chi connectivity index (χ0n) is 13.8. The van der Waals surface area contributed by atoms with Crippen molar-refractivity contribution in [2.75, 3.05) is 15.9 Å². The van der Waals surface area contributed by atoms with E-state index in [1.54, 1.807) is 12.1 Å². The first-order valence-electron chi connectivity index (χ1n) is 7.22. The number of halogens is 2. The maximum absolute atomic E-state index is 12.3. The largest absolute Gasteiger partial charge is 0.343 e. The van der Waals surface area contributed by atoms with E-state index < -0.39 is 22.1 Å². The maximum atomic E-state index is 12.3. The second-order valence-corrected chi connectivity index (χ2v) is 8.05. The standard InChI is InChI=1S/C16H15Cl2N3O4S/c1-10-3-6-12(7-4-10)21(26(2,24)25)16(23)20-15(22)19-14-8-5-11(17)9-13(14)18/h3-9H,1-2H3,(H2,19,20,22,23). The Labute approximate surface area is 160 Å². The summed E-state index contributed by atoms with van der Waals surface area (Å²) in [5.41, 5.74) is 1.20. The lowest BCUT2D eigenvalue weighted by Crippen LogP contribution is -2.47. The minimum absolute atomic E-state index is 0.105. The molecule has 2 N–H and O–H groups in total. The van der Waals surface area contributed by atoms with Crippen molar-refractivity contribution in [2.45, 2.75) is 6.92 Å². The van der Waals surface area contributed by atoms with Gasteiger partial charge < -0.3 is 5.32 Å². The predicted molar refractivity (Wildman–Crippen MR) is 103 cm³/mol. The molecule has 0 radical (unpaired) electrons. The number of hydrogen-bond acceptors (Lipinski definition) is 4. The van der Waals surface area contributed by atoms with Crippen molar-refractivity contribution < 1.29 is 18.0 Å². The Morgan fingerprint density at radius 3 is 2.19 bits per heavy atom. The summed E-state index contributed by atoms with van der Waals surface area (Å²) in [5, 5.41) is 4.85. The molecule has 7 nitrogen and oxygen atoms in total. The highest BCUT2D eigenvalue weighted by Crippen LogP contribution is 2.25. The quantitative estimate of drug-likeness (QED) is 0.791. The van der Waals surface area contributed by atoms with E-state index in [0.29, 0.717) is 9.33 Å². The highest BCUT2D eigenvalue weighted by Gasteiger charge is 2.27. The third-order valence-electron chi connectivity index (χ3n) is 3.18. The number of amides is 4. The third kappa shape index (κ3) is 5.10. The van der Waals surface area contributed by atoms with Crippen molar-refractivity contribution in [3.63, 3.8) is 0 Å². The molecule has 0 aromatic heterocycles. The lowest BCUT2D eigenvalue weighted by Gasteiger charge is -2.20. The molecule has 0 heterocycles. The number of carbonyl (C=O) groups excluding carboxylic acids is 2. The van der Waals surface area contributed by atoms with E-state index >= 15 is 0 Å². The molecular weight excluding hydrogens is 401 g/mol. The van der Waals surface area contributed by atoms with E-state index in [1.807, 2.05) is 12.2 Å². The SMILES string of the molecule is Cc1ccc(N(C(=O)NC(=O)Nc2ccc(Cl)cc2Cl)S(C)(=O)=O)cc1. The normalized spacial score (nSPS) is 10.9. The van der Waals surface area contributed by atoms with Crippen LogP contribution in [0.4, 0.5) is 21.0 Å². The smallest absolute Gasteiger partial charge is 0.306 e. The van der Waals surface area contributed by atoms with E-state index in [0.717, 1.165) is 11.8 Å². The molecule has 0 aliphatic heterocycles. The van der Waals surface area contributed by atoms with E-state index in [1.165, 1.54) is 30.3 Å². The number of nitrogens with one attached hydrogen (secondary N) is 2. The van der Waals surface area contributed by atoms with Gasteiger partial charge in [-0.05, 0) is 37.3 Å². The molecule has 0 aliphatic rings. The summed E-state index contributed by atoms with van der Waals surface area (Å²) >= 11 is 11.7. The molecule has 10 heteroatoms. The van der Waals surface area contributed by atoms with Crippen molar-refractivity contribution in [3.05, 3.63) is 58.1 Å². The third-order valence-corrected chi connectivity index (χ3v) is 4.77. The van der Waals surface area contributed by atoms with Gasteiger partial charge in [0.15, 0.2) is 0 Å². The fraction of sp³-hybridized carbons (Fsp3) is 0.125. The molecule has 0 aliphatic carbocycles. The van der Waals surface area contributed by atoms with Crippen LogP contribution in [-0.4, -0.2) is 26.7 Å². The lowest BCUT2D eigenvalue weighted by molar-refractivity contribution is 0.238. The molecule has 0 atom stereocenters. The van der Waals surface area contributed by atoms with Crippen LogP contribution in [0, 0.1) is 6.92 Å². The summed E-state index contributed by atoms with van der Waals surface area (Å²) in [6.45, 7) is 1.82. The molecule has 0 unspecified atom stereocenters. The number of nitrogens with zero attached hydrogens (tertiary/aromatic N) is 1. The van der Waals surface area contributed by atoms with Gasteiger partial charge in [0.1, 0.15) is 0 Å². The second kappa shape index (κ2) is 7.94. The van der Waals surface area contributed by atoms with Gasteiger partial charge in [-0.2, -0.15) is 4.31 Å². The average Bonchev–Trinajstić information content (AvgIpc) is 2.51. The molecule has 138 valence electrons. The molecule has 2 rings (SSSR count). The Morgan fingerprint density at radius 1 is 1.04 bits per heavy atom. The molecule has 2 aromatic rings. The van der Waals surface area contributed by atoms with Gasteiger partial charge in [0.05, 0.1) is 22.7 Å². The number of hydrogen-bond donors (Lipinski definition) is 2. The Morgan fingerprint density at radius 2 is 1.65 bits per heavy atom. The molecule has 2 aromatic carbocycles. The van der Waals surface area contributed by atoms with E-state index in [-0.39, 0.29) is 16.4 Å². The summed E-state index contributed by atoms with van der Waals surface area (Å²) in [4.78, 5) is 24.4. The number of rotatable bonds is 3. The summed E-state index contributed by atoms with van der Waals surface area (Å²) in [6.07, 6.45) is 0.862. The minimum Gasteiger partial charge on any atom is -0.306 e. The lowest BCUT2D eigenvalue weighted by atomic mass is 10.2. The van der Waals surface area contributed by atoms with Crippen molar-refractivity contribution >= 4 is 56.7 Å². The average molecular weight is 416 g/mol. The summed E-state index contributed by atoms with van der Waals surface area (Å²) in [5.74, 6) is 0. The fourth-order valence-corrected chi connectivity index (χ4v) is 3.34. The number of urea groups is 2. The molecule has 26 heavy (non-hydrogen) atoms. The Kier molecular flexibility index (Phi) is 6.12. The van der Waals surface area contributed by atoms with Crippen LogP contribution in [0.3, 0.4) is 0 Å². The zero-order valence-corrected chi connectivity index (χ0v) is 16.1. The van der Waals surface area contributed by atoms with Gasteiger partial charge in [0.2, 0.25) is 10.0 Å². The van der Waals surface area contributed by atoms with Crippen LogP contribution in [0.1, 0.15) is 5.56 Å². The highest BCUT2D eigenvalue weighted by atomic mass is 35.5. The van der Waals surface area contributed by atoms with Gasteiger partial charge >= 0.3 is 12.1 Å². The van der Waals surface area contributed by atoms with Crippen LogP contribution < -0.4 is 14.9 Å². The Hall–Kier alpha value is -2.29. The fourth-order valence-electron chi connectivity index (χ4n) is 2.03. The van der Waals surface area contributed by atoms with Gasteiger partial charge in [0, 0.05) is 5.02 Å². The monoisotopic (exact) mass is 415 g/mol. The number of anilines is 2. The molecule has 0 fully saturated rings. The van der Waals surface area contributed by atoms with Gasteiger partial charge in [-0.25, -0.2) is 18.0 Å². The van der Waals surface area contributed by atoms with Crippen molar-refractivity contribution in [3.8, 4) is 0 Å². The topological polar surface area (TPSA) is 95.6 Å². The van der Waals surface area contributed by atoms with Crippen LogP contribution >= 0.6 is 23.2 Å². The molecular formula is C16H15Cl2N3O4S. The van der Waals surface area contributed by atoms with Gasteiger partial charge in [-0.3, -0.25) is 5.32 Å². The van der Waals surface area contributed by atoms with Gasteiger partial charge in [-0.15, -0.1) is 0 Å². The number of sulfonamides is 1. The van der Waals surface area contributed by atoms with Gasteiger partial charge in [-0.1, -0.05) is 40.9 Å². The van der Waals surface area contributed by atoms with Crippen LogP contribution in [-0.2, 0) is 10.0 Å². The van der Waals surface area contributed by atoms with Crippen molar-refractivity contribution in [2.24, 2.45) is 0 Å². The molecule has 0 spiro atoms. The van der Waals surface area contributed by atoms with E-state index in [4.69, 9.17) is 23.2 Å². The molecule has 0 saturated carbocycles. The number of aryl methyl sites for hydroxylation is 1. The van der Waals surface area contributed by atoms with Crippen LogP contribution in [0.5, 0.6) is 0 Å². The van der Waals surface area contributed by atoms with E-state index in [9.17, 15) is 18.0 Å². The number of imide groups is 1. The zero-order chi connectivity index (χ0) is 19.5. The number of carbonyl (C=O) groups is 2. The molecule has 0 saturated heterocycles.